The number of non-ortho nitro benzene ring substituents is 1. The Morgan fingerprint density at radius 3 is 2.52 bits per heavy atom. The van der Waals surface area contributed by atoms with Gasteiger partial charge in [0.2, 0.25) is 0 Å². The van der Waals surface area contributed by atoms with Crippen LogP contribution in [0.3, 0.4) is 0 Å². The van der Waals surface area contributed by atoms with Crippen molar-refractivity contribution in [2.75, 3.05) is 7.11 Å². The van der Waals surface area contributed by atoms with E-state index in [1.165, 1.54) is 19.2 Å². The Kier molecular flexibility index (Phi) is 3.46. The van der Waals surface area contributed by atoms with Crippen LogP contribution in [0.5, 0.6) is 11.5 Å². The van der Waals surface area contributed by atoms with Gasteiger partial charge in [-0.2, -0.15) is 0 Å². The summed E-state index contributed by atoms with van der Waals surface area (Å²) in [5, 5.41) is 21.7. The van der Waals surface area contributed by atoms with Crippen molar-refractivity contribution in [1.82, 2.24) is 4.98 Å². The van der Waals surface area contributed by atoms with Crippen molar-refractivity contribution in [3.8, 4) is 22.6 Å². The van der Waals surface area contributed by atoms with E-state index < -0.39 is 10.5 Å². The van der Waals surface area contributed by atoms with Gasteiger partial charge in [0.05, 0.1) is 34.6 Å². The van der Waals surface area contributed by atoms with Gasteiger partial charge in [-0.05, 0) is 5.56 Å². The van der Waals surface area contributed by atoms with E-state index in [-0.39, 0.29) is 33.7 Å². The fourth-order valence-electron chi connectivity index (χ4n) is 2.47. The summed E-state index contributed by atoms with van der Waals surface area (Å²) in [5.41, 5.74) is 0.0311. The largest absolute Gasteiger partial charge is 0.506 e. The normalized spacial score (nSPS) is 10.7. The third kappa shape index (κ3) is 2.38. The summed E-state index contributed by atoms with van der Waals surface area (Å²) in [4.78, 5) is 25.4. The van der Waals surface area contributed by atoms with Crippen LogP contribution in [0.4, 0.5) is 5.69 Å². The van der Waals surface area contributed by atoms with Crippen molar-refractivity contribution in [3.63, 3.8) is 0 Å². The average Bonchev–Trinajstić information content (AvgIpc) is 2.55. The Labute approximate surface area is 129 Å². The van der Waals surface area contributed by atoms with E-state index in [0.717, 1.165) is 0 Å². The van der Waals surface area contributed by atoms with Crippen molar-refractivity contribution in [3.05, 3.63) is 62.9 Å². The molecule has 2 aromatic carbocycles. The van der Waals surface area contributed by atoms with Crippen molar-refractivity contribution in [1.29, 1.82) is 0 Å². The topological polar surface area (TPSA) is 105 Å². The molecule has 3 aromatic rings. The Hall–Kier alpha value is -3.35. The third-order valence-corrected chi connectivity index (χ3v) is 3.54. The maximum atomic E-state index is 12.3. The molecule has 0 spiro atoms. The molecule has 0 aliphatic heterocycles. The Morgan fingerprint density at radius 1 is 1.22 bits per heavy atom. The first kappa shape index (κ1) is 14.6. The van der Waals surface area contributed by atoms with E-state index in [1.54, 1.807) is 30.3 Å². The van der Waals surface area contributed by atoms with Crippen LogP contribution in [0.15, 0.2) is 47.3 Å². The maximum absolute atomic E-state index is 12.3. The van der Waals surface area contributed by atoms with Crippen LogP contribution in [0.2, 0.25) is 0 Å². The first-order chi connectivity index (χ1) is 11.0. The summed E-state index contributed by atoms with van der Waals surface area (Å²) in [5.74, 6) is -0.210. The number of aromatic hydroxyl groups is 1. The number of nitrogens with one attached hydrogen (secondary N) is 1. The molecule has 0 saturated carbocycles. The molecule has 23 heavy (non-hydrogen) atoms. The predicted molar refractivity (Wildman–Crippen MR) is 84.9 cm³/mol. The van der Waals surface area contributed by atoms with Crippen LogP contribution in [0.25, 0.3) is 22.0 Å². The fraction of sp³-hybridized carbons (Fsp3) is 0.0625. The van der Waals surface area contributed by atoms with Crippen LogP contribution in [-0.4, -0.2) is 22.1 Å². The fourth-order valence-corrected chi connectivity index (χ4v) is 2.47. The lowest BCUT2D eigenvalue weighted by Crippen LogP contribution is -2.10. The Balaban J connectivity index is 2.42. The molecule has 0 bridgehead atoms. The minimum atomic E-state index is -0.589. The standard InChI is InChI=1S/C16H12N2O5/c1-23-12-8-10(18(21)22)7-11-14(12)17-16(20)13(15(11)19)9-5-3-2-4-6-9/h2-8H,1H3,(H2,17,19,20). The third-order valence-electron chi connectivity index (χ3n) is 3.54. The molecule has 0 amide bonds. The number of pyridine rings is 1. The van der Waals surface area contributed by atoms with Gasteiger partial charge in [0.1, 0.15) is 11.5 Å². The second-order valence-electron chi connectivity index (χ2n) is 4.87. The Bertz CT molecular complexity index is 964. The van der Waals surface area contributed by atoms with Gasteiger partial charge in [0.25, 0.3) is 11.2 Å². The predicted octanol–water partition coefficient (Wildman–Crippen LogP) is 2.82. The number of hydrogen-bond acceptors (Lipinski definition) is 5. The van der Waals surface area contributed by atoms with Crippen LogP contribution >= 0.6 is 0 Å². The number of nitro groups is 1. The van der Waals surface area contributed by atoms with Crippen LogP contribution < -0.4 is 10.3 Å². The van der Waals surface area contributed by atoms with Crippen molar-refractivity contribution in [2.24, 2.45) is 0 Å². The van der Waals surface area contributed by atoms with Crippen LogP contribution in [0.1, 0.15) is 0 Å². The van der Waals surface area contributed by atoms with E-state index in [2.05, 4.69) is 4.98 Å². The molecule has 7 nitrogen and oxygen atoms in total. The summed E-state index contributed by atoms with van der Waals surface area (Å²) in [6, 6.07) is 11.0. The molecule has 0 saturated heterocycles. The average molecular weight is 312 g/mol. The molecule has 0 fully saturated rings. The minimum Gasteiger partial charge on any atom is -0.506 e. The van der Waals surface area contributed by atoms with Crippen molar-refractivity contribution >= 4 is 16.6 Å². The molecule has 7 heteroatoms. The maximum Gasteiger partial charge on any atom is 0.274 e. The lowest BCUT2D eigenvalue weighted by atomic mass is 10.0. The zero-order valence-corrected chi connectivity index (χ0v) is 12.1. The minimum absolute atomic E-state index is 0.0562. The van der Waals surface area contributed by atoms with Crippen molar-refractivity contribution in [2.45, 2.75) is 0 Å². The van der Waals surface area contributed by atoms with E-state index in [4.69, 9.17) is 4.74 Å². The van der Waals surface area contributed by atoms with Gasteiger partial charge in [0, 0.05) is 6.07 Å². The number of aromatic amines is 1. The SMILES string of the molecule is COc1cc([N+](=O)[O-])cc2c(O)c(-c3ccccc3)c(=O)[nH]c12. The highest BCUT2D eigenvalue weighted by atomic mass is 16.6. The van der Waals surface area contributed by atoms with E-state index in [0.29, 0.717) is 5.56 Å². The van der Waals surface area contributed by atoms with Gasteiger partial charge < -0.3 is 14.8 Å². The van der Waals surface area contributed by atoms with E-state index in [1.807, 2.05) is 0 Å². The number of fused-ring (bicyclic) bond motifs is 1. The Morgan fingerprint density at radius 2 is 1.91 bits per heavy atom. The molecule has 0 aliphatic rings. The highest BCUT2D eigenvalue weighted by molar-refractivity contribution is 5.96. The monoisotopic (exact) mass is 312 g/mol. The summed E-state index contributed by atoms with van der Waals surface area (Å²) < 4.78 is 5.09. The van der Waals surface area contributed by atoms with Crippen molar-refractivity contribution < 1.29 is 14.8 Å². The number of nitrogens with zero attached hydrogens (tertiary/aromatic N) is 1. The van der Waals surface area contributed by atoms with Gasteiger partial charge in [-0.15, -0.1) is 0 Å². The molecule has 0 atom stereocenters. The molecule has 2 N–H and O–H groups in total. The summed E-state index contributed by atoms with van der Waals surface area (Å²) in [6.45, 7) is 0. The van der Waals surface area contributed by atoms with E-state index >= 15 is 0 Å². The van der Waals surface area contributed by atoms with Gasteiger partial charge in [0.15, 0.2) is 0 Å². The number of aromatic nitrogens is 1. The lowest BCUT2D eigenvalue weighted by Gasteiger charge is -2.10. The lowest BCUT2D eigenvalue weighted by molar-refractivity contribution is -0.384. The number of hydrogen-bond donors (Lipinski definition) is 2. The number of nitro benzene ring substituents is 1. The second kappa shape index (κ2) is 5.45. The number of rotatable bonds is 3. The zero-order valence-electron chi connectivity index (χ0n) is 12.1. The molecule has 116 valence electrons. The highest BCUT2D eigenvalue weighted by Gasteiger charge is 2.20. The van der Waals surface area contributed by atoms with Gasteiger partial charge >= 0.3 is 0 Å². The molecule has 0 unspecified atom stereocenters. The number of ether oxygens (including phenoxy) is 1. The van der Waals surface area contributed by atoms with Gasteiger partial charge in [-0.3, -0.25) is 14.9 Å². The highest BCUT2D eigenvalue weighted by Crippen LogP contribution is 2.37. The van der Waals surface area contributed by atoms with Gasteiger partial charge in [-0.1, -0.05) is 30.3 Å². The second-order valence-corrected chi connectivity index (χ2v) is 4.87. The number of methoxy groups -OCH3 is 1. The molecule has 1 heterocycles. The quantitative estimate of drug-likeness (QED) is 0.571. The zero-order chi connectivity index (χ0) is 16.6. The molecule has 0 radical (unpaired) electrons. The van der Waals surface area contributed by atoms with Crippen LogP contribution in [0, 0.1) is 10.1 Å². The summed E-state index contributed by atoms with van der Waals surface area (Å²) >= 11 is 0. The van der Waals surface area contributed by atoms with Crippen LogP contribution in [-0.2, 0) is 0 Å². The molecule has 0 aliphatic carbocycles. The van der Waals surface area contributed by atoms with Gasteiger partial charge in [-0.25, -0.2) is 0 Å². The molecule has 3 rings (SSSR count). The smallest absolute Gasteiger partial charge is 0.274 e. The first-order valence-electron chi connectivity index (χ1n) is 6.69. The molecule has 1 aromatic heterocycles. The summed E-state index contributed by atoms with van der Waals surface area (Å²) in [7, 11) is 1.33. The molecular weight excluding hydrogens is 300 g/mol. The van der Waals surface area contributed by atoms with E-state index in [9.17, 15) is 20.0 Å². The summed E-state index contributed by atoms with van der Waals surface area (Å²) in [6.07, 6.45) is 0. The number of benzene rings is 2. The number of H-pyrrole nitrogens is 1. The molecular formula is C16H12N2O5. The first-order valence-corrected chi connectivity index (χ1v) is 6.69.